The van der Waals surface area contributed by atoms with Gasteiger partial charge in [-0.15, -0.1) is 0 Å². The highest BCUT2D eigenvalue weighted by molar-refractivity contribution is 7.92. The first-order valence-electron chi connectivity index (χ1n) is 12.9. The minimum absolute atomic E-state index is 0.0287. The lowest BCUT2D eigenvalue weighted by atomic mass is 10.1. The minimum Gasteiger partial charge on any atom is -0.457 e. The van der Waals surface area contributed by atoms with Crippen LogP contribution in [0.3, 0.4) is 0 Å². The normalized spacial score (nSPS) is 11.8. The molecule has 2 amide bonds. The van der Waals surface area contributed by atoms with Crippen LogP contribution < -0.4 is 14.4 Å². The molecule has 0 saturated carbocycles. The van der Waals surface area contributed by atoms with Crippen LogP contribution in [-0.4, -0.2) is 44.8 Å². The fourth-order valence-electron chi connectivity index (χ4n) is 4.13. The van der Waals surface area contributed by atoms with Crippen molar-refractivity contribution in [3.8, 4) is 11.5 Å². The maximum Gasteiger partial charge on any atom is 0.264 e. The number of sulfonamides is 1. The van der Waals surface area contributed by atoms with Gasteiger partial charge in [-0.1, -0.05) is 60.1 Å². The van der Waals surface area contributed by atoms with Gasteiger partial charge in [0.1, 0.15) is 24.1 Å². The number of anilines is 1. The van der Waals surface area contributed by atoms with Crippen molar-refractivity contribution in [2.75, 3.05) is 17.9 Å². The van der Waals surface area contributed by atoms with Crippen LogP contribution in [0.4, 0.5) is 5.69 Å². The number of hydrogen-bond acceptors (Lipinski definition) is 5. The number of nitrogens with one attached hydrogen (secondary N) is 1. The molecule has 0 aromatic heterocycles. The van der Waals surface area contributed by atoms with E-state index >= 15 is 0 Å². The molecule has 41 heavy (non-hydrogen) atoms. The zero-order chi connectivity index (χ0) is 29.4. The van der Waals surface area contributed by atoms with Crippen LogP contribution in [0.5, 0.6) is 11.5 Å². The van der Waals surface area contributed by atoms with Crippen LogP contribution in [0.1, 0.15) is 12.5 Å². The van der Waals surface area contributed by atoms with E-state index in [1.807, 2.05) is 30.3 Å². The molecule has 0 radical (unpaired) electrons. The Balaban J connectivity index is 1.68. The number of halogens is 1. The number of likely N-dealkylation sites (N-methyl/N-ethyl adjacent to an activating group) is 1. The van der Waals surface area contributed by atoms with Crippen LogP contribution in [0, 0.1) is 0 Å². The lowest BCUT2D eigenvalue weighted by molar-refractivity contribution is -0.139. The first kappa shape index (κ1) is 29.6. The third-order valence-electron chi connectivity index (χ3n) is 6.39. The second-order valence-electron chi connectivity index (χ2n) is 9.17. The Hall–Kier alpha value is -4.34. The van der Waals surface area contributed by atoms with Gasteiger partial charge < -0.3 is 15.0 Å². The van der Waals surface area contributed by atoms with E-state index in [0.717, 1.165) is 9.87 Å². The van der Waals surface area contributed by atoms with Gasteiger partial charge in [0, 0.05) is 18.6 Å². The molecule has 0 saturated heterocycles. The van der Waals surface area contributed by atoms with E-state index in [4.69, 9.17) is 16.3 Å². The molecule has 212 valence electrons. The Morgan fingerprint density at radius 2 is 1.39 bits per heavy atom. The van der Waals surface area contributed by atoms with Crippen molar-refractivity contribution in [2.24, 2.45) is 0 Å². The van der Waals surface area contributed by atoms with E-state index in [-0.39, 0.29) is 23.0 Å². The molecular formula is C31H30ClN3O5S. The zero-order valence-electron chi connectivity index (χ0n) is 22.6. The second kappa shape index (κ2) is 13.3. The number of hydrogen-bond donors (Lipinski definition) is 1. The van der Waals surface area contributed by atoms with Crippen molar-refractivity contribution in [2.45, 2.75) is 24.4 Å². The van der Waals surface area contributed by atoms with Gasteiger partial charge in [-0.25, -0.2) is 8.42 Å². The van der Waals surface area contributed by atoms with Crippen molar-refractivity contribution in [3.63, 3.8) is 0 Å². The highest BCUT2D eigenvalue weighted by Crippen LogP contribution is 2.28. The van der Waals surface area contributed by atoms with Crippen LogP contribution in [0.15, 0.2) is 114 Å². The number of rotatable bonds is 11. The average Bonchev–Trinajstić information content (AvgIpc) is 3.00. The van der Waals surface area contributed by atoms with Crippen LogP contribution >= 0.6 is 11.6 Å². The van der Waals surface area contributed by atoms with Gasteiger partial charge in [0.25, 0.3) is 10.0 Å². The van der Waals surface area contributed by atoms with E-state index in [2.05, 4.69) is 5.32 Å². The van der Waals surface area contributed by atoms with E-state index in [9.17, 15) is 18.0 Å². The molecule has 0 bridgehead atoms. The predicted octanol–water partition coefficient (Wildman–Crippen LogP) is 5.49. The molecule has 0 aliphatic carbocycles. The van der Waals surface area contributed by atoms with Crippen molar-refractivity contribution in [1.82, 2.24) is 10.2 Å². The number of ether oxygens (including phenoxy) is 1. The molecule has 1 N–H and O–H groups in total. The maximum atomic E-state index is 13.9. The van der Waals surface area contributed by atoms with E-state index in [0.29, 0.717) is 16.5 Å². The summed E-state index contributed by atoms with van der Waals surface area (Å²) in [6, 6.07) is 29.5. The summed E-state index contributed by atoms with van der Waals surface area (Å²) in [7, 11) is -2.68. The quantitative estimate of drug-likeness (QED) is 0.249. The topological polar surface area (TPSA) is 96.0 Å². The molecule has 4 aromatic carbocycles. The van der Waals surface area contributed by atoms with Gasteiger partial charge in [-0.2, -0.15) is 0 Å². The number of para-hydroxylation sites is 1. The summed E-state index contributed by atoms with van der Waals surface area (Å²) < 4.78 is 34.6. The smallest absolute Gasteiger partial charge is 0.264 e. The highest BCUT2D eigenvalue weighted by Gasteiger charge is 2.32. The van der Waals surface area contributed by atoms with Gasteiger partial charge in [-0.05, 0) is 73.2 Å². The molecular weight excluding hydrogens is 562 g/mol. The van der Waals surface area contributed by atoms with Crippen molar-refractivity contribution in [3.05, 3.63) is 120 Å². The molecule has 0 heterocycles. The number of carbonyl (C=O) groups is 2. The molecule has 1 atom stereocenters. The van der Waals surface area contributed by atoms with Crippen molar-refractivity contribution < 1.29 is 22.7 Å². The van der Waals surface area contributed by atoms with Crippen LogP contribution in [-0.2, 0) is 26.2 Å². The average molecular weight is 592 g/mol. The van der Waals surface area contributed by atoms with Crippen molar-refractivity contribution in [1.29, 1.82) is 0 Å². The van der Waals surface area contributed by atoms with Gasteiger partial charge in [0.05, 0.1) is 10.6 Å². The molecule has 0 fully saturated rings. The van der Waals surface area contributed by atoms with Crippen molar-refractivity contribution >= 4 is 39.1 Å². The van der Waals surface area contributed by atoms with Gasteiger partial charge in [0.2, 0.25) is 11.8 Å². The summed E-state index contributed by atoms with van der Waals surface area (Å²) in [5.41, 5.74) is 1.00. The largest absolute Gasteiger partial charge is 0.457 e. The zero-order valence-corrected chi connectivity index (χ0v) is 24.2. The van der Waals surface area contributed by atoms with E-state index in [1.54, 1.807) is 73.7 Å². The summed E-state index contributed by atoms with van der Waals surface area (Å²) in [6.45, 7) is 1.14. The van der Waals surface area contributed by atoms with E-state index < -0.39 is 28.5 Å². The maximum absolute atomic E-state index is 13.9. The molecule has 10 heteroatoms. The molecule has 0 aliphatic rings. The molecule has 4 aromatic rings. The third kappa shape index (κ3) is 7.45. The lowest BCUT2D eigenvalue weighted by Crippen LogP contribution is -2.50. The SMILES string of the molecule is CNC(=O)[C@H](C)N(Cc1ccc(Cl)cc1)C(=O)CN(c1ccc(Oc2ccccc2)cc1)S(=O)(=O)c1ccccc1. The second-order valence-corrected chi connectivity index (χ2v) is 11.5. The Bertz CT molecular complexity index is 1570. The number of carbonyl (C=O) groups excluding carboxylic acids is 2. The monoisotopic (exact) mass is 591 g/mol. The lowest BCUT2D eigenvalue weighted by Gasteiger charge is -2.31. The summed E-state index contributed by atoms with van der Waals surface area (Å²) in [6.07, 6.45) is 0. The summed E-state index contributed by atoms with van der Waals surface area (Å²) >= 11 is 6.02. The fraction of sp³-hybridized carbons (Fsp3) is 0.161. The number of amides is 2. The fourth-order valence-corrected chi connectivity index (χ4v) is 5.69. The van der Waals surface area contributed by atoms with Gasteiger partial charge in [-0.3, -0.25) is 13.9 Å². The third-order valence-corrected chi connectivity index (χ3v) is 8.43. The Kier molecular flexibility index (Phi) is 9.65. The summed E-state index contributed by atoms with van der Waals surface area (Å²) in [5, 5.41) is 3.10. The Morgan fingerprint density at radius 1 is 0.829 bits per heavy atom. The van der Waals surface area contributed by atoms with Crippen LogP contribution in [0.2, 0.25) is 5.02 Å². The molecule has 0 unspecified atom stereocenters. The molecule has 4 rings (SSSR count). The first-order chi connectivity index (χ1) is 19.7. The number of nitrogens with zero attached hydrogens (tertiary/aromatic N) is 2. The first-order valence-corrected chi connectivity index (χ1v) is 14.7. The Labute approximate surface area is 245 Å². The summed E-state index contributed by atoms with van der Waals surface area (Å²) in [5.74, 6) is 0.193. The molecule has 8 nitrogen and oxygen atoms in total. The van der Waals surface area contributed by atoms with Crippen LogP contribution in [0.25, 0.3) is 0 Å². The predicted molar refractivity (Wildman–Crippen MR) is 159 cm³/mol. The van der Waals surface area contributed by atoms with Gasteiger partial charge in [0.15, 0.2) is 0 Å². The summed E-state index contributed by atoms with van der Waals surface area (Å²) in [4.78, 5) is 27.8. The standard InChI is InChI=1S/C31H30ClN3O5S/c1-23(31(37)33-2)34(21-24-13-15-25(32)16-14-24)30(36)22-35(41(38,39)29-11-7-4-8-12-29)26-17-19-28(20-18-26)40-27-9-5-3-6-10-27/h3-20,23H,21-22H2,1-2H3,(H,33,37)/t23-/m0/s1. The Morgan fingerprint density at radius 3 is 1.98 bits per heavy atom. The van der Waals surface area contributed by atoms with E-state index in [1.165, 1.54) is 24.1 Å². The van der Waals surface area contributed by atoms with Gasteiger partial charge >= 0.3 is 0 Å². The molecule has 0 aliphatic heterocycles. The number of benzene rings is 4. The minimum atomic E-state index is -4.16. The highest BCUT2D eigenvalue weighted by atomic mass is 35.5. The molecule has 0 spiro atoms.